The molecule has 2 heteroatoms. The van der Waals surface area contributed by atoms with Gasteiger partial charge in [0.15, 0.2) is 0 Å². The Balaban J connectivity index is 2.02. The average Bonchev–Trinajstić information content (AvgIpc) is 2.08. The van der Waals surface area contributed by atoms with Crippen LogP contribution in [0, 0.1) is 5.92 Å². The summed E-state index contributed by atoms with van der Waals surface area (Å²) in [7, 11) is 4.18. The predicted octanol–water partition coefficient (Wildman–Crippen LogP) is 2.14. The van der Waals surface area contributed by atoms with Gasteiger partial charge in [0, 0.05) is 6.54 Å². The van der Waals surface area contributed by atoms with Crippen LogP contribution in [0.15, 0.2) is 0 Å². The smallest absolute Gasteiger partial charge is 0.0596 e. The van der Waals surface area contributed by atoms with Crippen molar-refractivity contribution >= 4 is 0 Å². The van der Waals surface area contributed by atoms with E-state index in [2.05, 4.69) is 25.9 Å². The maximum absolute atomic E-state index is 5.80. The molecule has 1 saturated carbocycles. The van der Waals surface area contributed by atoms with Gasteiger partial charge in [-0.05, 0) is 45.7 Å². The molecule has 0 bridgehead atoms. The first-order chi connectivity index (χ1) is 6.18. The van der Waals surface area contributed by atoms with Crippen LogP contribution in [0.2, 0.25) is 0 Å². The highest BCUT2D eigenvalue weighted by Crippen LogP contribution is 2.25. The van der Waals surface area contributed by atoms with Gasteiger partial charge in [-0.25, -0.2) is 0 Å². The van der Waals surface area contributed by atoms with Crippen molar-refractivity contribution in [2.45, 2.75) is 38.7 Å². The number of hydrogen-bond acceptors (Lipinski definition) is 2. The van der Waals surface area contributed by atoms with Gasteiger partial charge in [0.1, 0.15) is 0 Å². The van der Waals surface area contributed by atoms with Gasteiger partial charge in [-0.2, -0.15) is 0 Å². The van der Waals surface area contributed by atoms with Crippen molar-refractivity contribution in [1.82, 2.24) is 4.90 Å². The van der Waals surface area contributed by atoms with Crippen molar-refractivity contribution in [2.24, 2.45) is 5.92 Å². The molecule has 1 rings (SSSR count). The first-order valence-electron chi connectivity index (χ1n) is 5.45. The van der Waals surface area contributed by atoms with E-state index in [0.29, 0.717) is 6.10 Å². The fourth-order valence-corrected chi connectivity index (χ4v) is 1.80. The van der Waals surface area contributed by atoms with E-state index in [1.54, 1.807) is 0 Å². The molecule has 0 aromatic carbocycles. The van der Waals surface area contributed by atoms with E-state index in [1.807, 2.05) is 0 Å². The molecule has 0 amide bonds. The topological polar surface area (TPSA) is 12.5 Å². The molecule has 13 heavy (non-hydrogen) atoms. The zero-order chi connectivity index (χ0) is 9.68. The van der Waals surface area contributed by atoms with Gasteiger partial charge >= 0.3 is 0 Å². The van der Waals surface area contributed by atoms with E-state index in [0.717, 1.165) is 19.1 Å². The molecule has 0 saturated heterocycles. The van der Waals surface area contributed by atoms with Gasteiger partial charge in [0.25, 0.3) is 0 Å². The molecule has 1 aliphatic carbocycles. The highest BCUT2D eigenvalue weighted by molar-refractivity contribution is 4.69. The largest absolute Gasteiger partial charge is 0.377 e. The summed E-state index contributed by atoms with van der Waals surface area (Å²) in [5.41, 5.74) is 0. The Bertz CT molecular complexity index is 128. The summed E-state index contributed by atoms with van der Waals surface area (Å²) in [6, 6.07) is 0. The SMILES string of the molecule is CN(C)CCO[C@H]1CC[C@H](C)CC1. The summed E-state index contributed by atoms with van der Waals surface area (Å²) in [6.07, 6.45) is 5.80. The Morgan fingerprint density at radius 1 is 1.15 bits per heavy atom. The van der Waals surface area contributed by atoms with Crippen LogP contribution in [-0.4, -0.2) is 38.3 Å². The van der Waals surface area contributed by atoms with Crippen LogP contribution in [0.5, 0.6) is 0 Å². The molecular weight excluding hydrogens is 162 g/mol. The standard InChI is InChI=1S/C11H23NO/c1-10-4-6-11(7-5-10)13-9-8-12(2)3/h10-11H,4-9H2,1-3H3/t10-,11-. The Morgan fingerprint density at radius 3 is 2.31 bits per heavy atom. The van der Waals surface area contributed by atoms with Gasteiger partial charge in [-0.3, -0.25) is 0 Å². The molecule has 0 radical (unpaired) electrons. The zero-order valence-electron chi connectivity index (χ0n) is 9.25. The first kappa shape index (κ1) is 11.0. The molecule has 1 fully saturated rings. The Kier molecular flexibility index (Phi) is 4.74. The van der Waals surface area contributed by atoms with E-state index in [1.165, 1.54) is 25.7 Å². The fraction of sp³-hybridized carbons (Fsp3) is 1.00. The quantitative estimate of drug-likeness (QED) is 0.665. The predicted molar refractivity (Wildman–Crippen MR) is 55.9 cm³/mol. The second-order valence-electron chi connectivity index (χ2n) is 4.56. The van der Waals surface area contributed by atoms with E-state index in [9.17, 15) is 0 Å². The summed E-state index contributed by atoms with van der Waals surface area (Å²) in [5.74, 6) is 0.925. The summed E-state index contributed by atoms with van der Waals surface area (Å²) in [4.78, 5) is 2.17. The van der Waals surface area contributed by atoms with Crippen LogP contribution in [0.25, 0.3) is 0 Å². The number of rotatable bonds is 4. The molecule has 0 aromatic rings. The lowest BCUT2D eigenvalue weighted by Crippen LogP contribution is -2.25. The van der Waals surface area contributed by atoms with E-state index >= 15 is 0 Å². The van der Waals surface area contributed by atoms with E-state index in [-0.39, 0.29) is 0 Å². The van der Waals surface area contributed by atoms with Crippen molar-refractivity contribution in [3.05, 3.63) is 0 Å². The lowest BCUT2D eigenvalue weighted by Gasteiger charge is -2.26. The van der Waals surface area contributed by atoms with Crippen LogP contribution in [0.1, 0.15) is 32.6 Å². The third-order valence-corrected chi connectivity index (χ3v) is 2.85. The maximum atomic E-state index is 5.80. The summed E-state index contributed by atoms with van der Waals surface area (Å²) >= 11 is 0. The molecule has 2 nitrogen and oxygen atoms in total. The Labute approximate surface area is 82.3 Å². The molecule has 0 atom stereocenters. The molecule has 0 N–H and O–H groups in total. The van der Waals surface area contributed by atoms with Crippen LogP contribution < -0.4 is 0 Å². The molecule has 0 spiro atoms. The number of ether oxygens (including phenoxy) is 1. The molecule has 0 aromatic heterocycles. The summed E-state index contributed by atoms with van der Waals surface area (Å²) in [5, 5.41) is 0. The van der Waals surface area contributed by atoms with Crippen molar-refractivity contribution < 1.29 is 4.74 Å². The fourth-order valence-electron chi connectivity index (χ4n) is 1.80. The second kappa shape index (κ2) is 5.61. The minimum atomic E-state index is 0.552. The second-order valence-corrected chi connectivity index (χ2v) is 4.56. The summed E-state index contributed by atoms with van der Waals surface area (Å²) in [6.45, 7) is 4.29. The van der Waals surface area contributed by atoms with Crippen molar-refractivity contribution in [3.8, 4) is 0 Å². The number of likely N-dealkylation sites (N-methyl/N-ethyl adjacent to an activating group) is 1. The van der Waals surface area contributed by atoms with Crippen LogP contribution >= 0.6 is 0 Å². The van der Waals surface area contributed by atoms with Crippen LogP contribution in [0.4, 0.5) is 0 Å². The highest BCUT2D eigenvalue weighted by Gasteiger charge is 2.18. The van der Waals surface area contributed by atoms with Crippen molar-refractivity contribution in [3.63, 3.8) is 0 Å². The lowest BCUT2D eigenvalue weighted by atomic mass is 9.89. The molecule has 1 aliphatic rings. The average molecular weight is 185 g/mol. The van der Waals surface area contributed by atoms with Crippen LogP contribution in [-0.2, 0) is 4.74 Å². The third-order valence-electron chi connectivity index (χ3n) is 2.85. The number of hydrogen-bond donors (Lipinski definition) is 0. The van der Waals surface area contributed by atoms with Crippen molar-refractivity contribution in [2.75, 3.05) is 27.2 Å². The summed E-state index contributed by atoms with van der Waals surface area (Å²) < 4.78 is 5.80. The normalized spacial score (nSPS) is 29.5. The minimum Gasteiger partial charge on any atom is -0.377 e. The Morgan fingerprint density at radius 2 is 1.77 bits per heavy atom. The number of nitrogens with zero attached hydrogens (tertiary/aromatic N) is 1. The first-order valence-corrected chi connectivity index (χ1v) is 5.45. The van der Waals surface area contributed by atoms with Crippen molar-refractivity contribution in [1.29, 1.82) is 0 Å². The monoisotopic (exact) mass is 185 g/mol. The molecule has 78 valence electrons. The zero-order valence-corrected chi connectivity index (χ0v) is 9.25. The maximum Gasteiger partial charge on any atom is 0.0596 e. The van der Waals surface area contributed by atoms with Gasteiger partial charge in [-0.1, -0.05) is 6.92 Å². The van der Waals surface area contributed by atoms with Gasteiger partial charge < -0.3 is 9.64 Å². The molecular formula is C11H23NO. The van der Waals surface area contributed by atoms with E-state index < -0.39 is 0 Å². The van der Waals surface area contributed by atoms with Gasteiger partial charge in [0.2, 0.25) is 0 Å². The lowest BCUT2D eigenvalue weighted by molar-refractivity contribution is 0.0135. The third kappa shape index (κ3) is 4.63. The Hall–Kier alpha value is -0.0800. The van der Waals surface area contributed by atoms with Crippen LogP contribution in [0.3, 0.4) is 0 Å². The molecule has 0 aliphatic heterocycles. The molecule has 0 heterocycles. The molecule has 0 unspecified atom stereocenters. The van der Waals surface area contributed by atoms with Gasteiger partial charge in [0.05, 0.1) is 12.7 Å². The van der Waals surface area contributed by atoms with Gasteiger partial charge in [-0.15, -0.1) is 0 Å². The minimum absolute atomic E-state index is 0.552. The van der Waals surface area contributed by atoms with E-state index in [4.69, 9.17) is 4.74 Å². The highest BCUT2D eigenvalue weighted by atomic mass is 16.5.